The van der Waals surface area contributed by atoms with Gasteiger partial charge in [0.25, 0.3) is 0 Å². The molecule has 0 saturated heterocycles. The van der Waals surface area contributed by atoms with Crippen molar-refractivity contribution < 1.29 is 38.4 Å². The third-order valence-electron chi connectivity index (χ3n) is 4.67. The highest BCUT2D eigenvalue weighted by molar-refractivity contribution is 6.30. The van der Waals surface area contributed by atoms with E-state index in [1.807, 2.05) is 0 Å². The molecule has 1 aliphatic carbocycles. The molecular formula is C23H26O8. The minimum Gasteiger partial charge on any atom is -0.507 e. The molecule has 0 fully saturated rings. The summed E-state index contributed by atoms with van der Waals surface area (Å²) in [6, 6.07) is 9.31. The number of hydrogen-bond donors (Lipinski definition) is 1. The summed E-state index contributed by atoms with van der Waals surface area (Å²) in [5, 5.41) is 10.0. The van der Waals surface area contributed by atoms with E-state index in [4.69, 9.17) is 23.7 Å². The summed E-state index contributed by atoms with van der Waals surface area (Å²) >= 11 is 0. The lowest BCUT2D eigenvalue weighted by atomic mass is 9.83. The van der Waals surface area contributed by atoms with Gasteiger partial charge in [0.05, 0.1) is 57.4 Å². The molecular weight excluding hydrogens is 404 g/mol. The van der Waals surface area contributed by atoms with Crippen molar-refractivity contribution in [3.63, 3.8) is 0 Å². The van der Waals surface area contributed by atoms with Crippen LogP contribution < -0.4 is 4.74 Å². The van der Waals surface area contributed by atoms with Gasteiger partial charge in [-0.15, -0.1) is 0 Å². The van der Waals surface area contributed by atoms with Gasteiger partial charge in [-0.05, 0) is 12.1 Å². The Morgan fingerprint density at radius 3 is 1.84 bits per heavy atom. The Kier molecular flexibility index (Phi) is 8.54. The summed E-state index contributed by atoms with van der Waals surface area (Å²) < 4.78 is 26.7. The normalized spacial score (nSPS) is 12.5. The molecule has 3 rings (SSSR count). The minimum absolute atomic E-state index is 0.0320. The molecule has 0 spiro atoms. The maximum absolute atomic E-state index is 12.9. The number of ether oxygens (including phenoxy) is 5. The third kappa shape index (κ3) is 5.68. The topological polar surface area (TPSA) is 101 Å². The van der Waals surface area contributed by atoms with Crippen LogP contribution in [0.2, 0.25) is 0 Å². The lowest BCUT2D eigenvalue weighted by Gasteiger charge is -2.20. The average Bonchev–Trinajstić information content (AvgIpc) is 2.78. The zero-order chi connectivity index (χ0) is 22.1. The average molecular weight is 430 g/mol. The van der Waals surface area contributed by atoms with E-state index in [1.54, 1.807) is 25.3 Å². The number of phenols is 1. The number of ketones is 2. The molecule has 8 nitrogen and oxygen atoms in total. The molecule has 166 valence electrons. The first-order valence-corrected chi connectivity index (χ1v) is 10.0. The number of aromatic hydroxyl groups is 1. The Balaban J connectivity index is 1.45. The molecule has 0 heterocycles. The molecule has 2 aromatic rings. The first kappa shape index (κ1) is 22.9. The number of phenolic OH excluding ortho intramolecular Hbond substituents is 1. The van der Waals surface area contributed by atoms with E-state index in [0.717, 1.165) is 0 Å². The summed E-state index contributed by atoms with van der Waals surface area (Å²) in [4.78, 5) is 25.7. The van der Waals surface area contributed by atoms with Crippen LogP contribution in [-0.4, -0.2) is 76.6 Å². The van der Waals surface area contributed by atoms with Crippen molar-refractivity contribution >= 4 is 11.6 Å². The predicted octanol–water partition coefficient (Wildman–Crippen LogP) is 2.24. The van der Waals surface area contributed by atoms with Crippen molar-refractivity contribution in [1.29, 1.82) is 0 Å². The maximum atomic E-state index is 12.9. The lowest BCUT2D eigenvalue weighted by Crippen LogP contribution is -2.22. The molecule has 0 aliphatic heterocycles. The molecule has 0 unspecified atom stereocenters. The number of carbonyl (C=O) groups excluding carboxylic acids is 2. The second-order valence-corrected chi connectivity index (χ2v) is 6.72. The minimum atomic E-state index is -0.396. The largest absolute Gasteiger partial charge is 0.507 e. The molecule has 0 aromatic heterocycles. The van der Waals surface area contributed by atoms with Gasteiger partial charge in [0, 0.05) is 18.2 Å². The molecule has 0 atom stereocenters. The van der Waals surface area contributed by atoms with Crippen LogP contribution in [-0.2, 0) is 18.9 Å². The van der Waals surface area contributed by atoms with Gasteiger partial charge >= 0.3 is 0 Å². The fraction of sp³-hybridized carbons (Fsp3) is 0.391. The Bertz CT molecular complexity index is 908. The van der Waals surface area contributed by atoms with Crippen LogP contribution in [0.1, 0.15) is 31.8 Å². The van der Waals surface area contributed by atoms with Crippen molar-refractivity contribution in [1.82, 2.24) is 0 Å². The number of carbonyl (C=O) groups is 2. The van der Waals surface area contributed by atoms with Gasteiger partial charge in [0.1, 0.15) is 18.1 Å². The van der Waals surface area contributed by atoms with Crippen LogP contribution in [0.3, 0.4) is 0 Å². The zero-order valence-corrected chi connectivity index (χ0v) is 17.4. The van der Waals surface area contributed by atoms with Crippen LogP contribution in [0.25, 0.3) is 0 Å². The van der Waals surface area contributed by atoms with E-state index in [2.05, 4.69) is 0 Å². The smallest absolute Gasteiger partial charge is 0.198 e. The highest BCUT2D eigenvalue weighted by atomic mass is 16.6. The SMILES string of the molecule is COCCOCCOCCOCCOc1cccc2c1C(=O)c1cccc(O)c1C2=O. The van der Waals surface area contributed by atoms with E-state index in [-0.39, 0.29) is 40.4 Å². The monoisotopic (exact) mass is 430 g/mol. The molecule has 8 heteroatoms. The standard InChI is InChI=1S/C23H26O8/c1-27-8-9-28-10-11-29-12-13-30-14-15-31-19-7-3-5-17-21(19)23(26)16-4-2-6-18(24)20(16)22(17)25/h2-7,24H,8-15H2,1H3. The van der Waals surface area contributed by atoms with Crippen LogP contribution >= 0.6 is 0 Å². The fourth-order valence-corrected chi connectivity index (χ4v) is 3.21. The van der Waals surface area contributed by atoms with Gasteiger partial charge in [0.2, 0.25) is 0 Å². The Hall–Kier alpha value is -2.78. The molecule has 2 aromatic carbocycles. The van der Waals surface area contributed by atoms with E-state index in [9.17, 15) is 14.7 Å². The van der Waals surface area contributed by atoms with E-state index >= 15 is 0 Å². The summed E-state index contributed by atoms with van der Waals surface area (Å²) in [5.74, 6) is -0.631. The van der Waals surface area contributed by atoms with Crippen LogP contribution in [0.15, 0.2) is 36.4 Å². The Morgan fingerprint density at radius 1 is 0.677 bits per heavy atom. The fourth-order valence-electron chi connectivity index (χ4n) is 3.21. The molecule has 0 amide bonds. The van der Waals surface area contributed by atoms with Gasteiger partial charge in [-0.3, -0.25) is 9.59 Å². The highest BCUT2D eigenvalue weighted by Crippen LogP contribution is 2.36. The van der Waals surface area contributed by atoms with Gasteiger partial charge in [0.15, 0.2) is 11.6 Å². The van der Waals surface area contributed by atoms with Crippen LogP contribution in [0.4, 0.5) is 0 Å². The third-order valence-corrected chi connectivity index (χ3v) is 4.67. The second kappa shape index (κ2) is 11.6. The molecule has 31 heavy (non-hydrogen) atoms. The predicted molar refractivity (Wildman–Crippen MR) is 111 cm³/mol. The Labute approximate surface area is 180 Å². The van der Waals surface area contributed by atoms with E-state index in [1.165, 1.54) is 18.2 Å². The summed E-state index contributed by atoms with van der Waals surface area (Å²) in [6.07, 6.45) is 0. The first-order valence-electron chi connectivity index (χ1n) is 10.0. The van der Waals surface area contributed by atoms with Gasteiger partial charge in [-0.2, -0.15) is 0 Å². The first-order chi connectivity index (χ1) is 15.1. The summed E-state index contributed by atoms with van der Waals surface area (Å²) in [5.41, 5.74) is 0.638. The molecule has 1 aliphatic rings. The summed E-state index contributed by atoms with van der Waals surface area (Å²) in [6.45, 7) is 3.42. The van der Waals surface area contributed by atoms with Crippen molar-refractivity contribution in [2.45, 2.75) is 0 Å². The zero-order valence-electron chi connectivity index (χ0n) is 17.4. The number of methoxy groups -OCH3 is 1. The van der Waals surface area contributed by atoms with Crippen molar-refractivity contribution in [2.24, 2.45) is 0 Å². The van der Waals surface area contributed by atoms with Gasteiger partial charge in [-0.1, -0.05) is 24.3 Å². The quantitative estimate of drug-likeness (QED) is 0.412. The van der Waals surface area contributed by atoms with Gasteiger partial charge < -0.3 is 28.8 Å². The molecule has 1 N–H and O–H groups in total. The molecule has 0 bridgehead atoms. The van der Waals surface area contributed by atoms with Gasteiger partial charge in [-0.25, -0.2) is 0 Å². The number of rotatable bonds is 13. The van der Waals surface area contributed by atoms with Crippen molar-refractivity contribution in [3.05, 3.63) is 58.7 Å². The Morgan fingerprint density at radius 2 is 1.19 bits per heavy atom. The van der Waals surface area contributed by atoms with E-state index < -0.39 is 5.78 Å². The highest BCUT2D eigenvalue weighted by Gasteiger charge is 2.34. The second-order valence-electron chi connectivity index (χ2n) is 6.72. The van der Waals surface area contributed by atoms with E-state index in [0.29, 0.717) is 52.0 Å². The lowest BCUT2D eigenvalue weighted by molar-refractivity contribution is 0.000138. The van der Waals surface area contributed by atoms with Crippen molar-refractivity contribution in [2.75, 3.05) is 60.0 Å². The molecule has 0 saturated carbocycles. The molecule has 0 radical (unpaired) electrons. The maximum Gasteiger partial charge on any atom is 0.198 e. The number of benzene rings is 2. The van der Waals surface area contributed by atoms with Crippen molar-refractivity contribution in [3.8, 4) is 11.5 Å². The number of fused-ring (bicyclic) bond motifs is 2. The number of hydrogen-bond acceptors (Lipinski definition) is 8. The summed E-state index contributed by atoms with van der Waals surface area (Å²) in [7, 11) is 1.62. The van der Waals surface area contributed by atoms with Crippen LogP contribution in [0.5, 0.6) is 11.5 Å². The van der Waals surface area contributed by atoms with Crippen LogP contribution in [0, 0.1) is 0 Å².